The van der Waals surface area contributed by atoms with Crippen LogP contribution in [-0.2, 0) is 16.1 Å². The van der Waals surface area contributed by atoms with Crippen molar-refractivity contribution < 1.29 is 9.53 Å². The van der Waals surface area contributed by atoms with Gasteiger partial charge in [0.05, 0.1) is 12.0 Å². The van der Waals surface area contributed by atoms with Gasteiger partial charge in [-0.05, 0) is 12.5 Å². The second kappa shape index (κ2) is 5.82. The number of benzene rings is 1. The topological polar surface area (TPSA) is 55.0 Å². The Labute approximate surface area is 114 Å². The molecule has 0 saturated carbocycles. The van der Waals surface area contributed by atoms with Gasteiger partial charge in [-0.1, -0.05) is 46.3 Å². The first-order valence-electron chi connectivity index (χ1n) is 5.53. The van der Waals surface area contributed by atoms with Crippen LogP contribution in [0.4, 0.5) is 0 Å². The maximum atomic E-state index is 11.8. The normalized spacial score (nSPS) is 12.1. The number of alkyl halides is 1. The molecule has 2 rings (SSSR count). The molecule has 2 aromatic rings. The molecule has 1 N–H and O–H groups in total. The van der Waals surface area contributed by atoms with Gasteiger partial charge in [-0.15, -0.1) is 0 Å². The van der Waals surface area contributed by atoms with Crippen LogP contribution in [0.3, 0.4) is 0 Å². The quantitative estimate of drug-likeness (QED) is 0.698. The molecule has 0 saturated heterocycles. The van der Waals surface area contributed by atoms with E-state index in [4.69, 9.17) is 4.74 Å². The van der Waals surface area contributed by atoms with Crippen molar-refractivity contribution in [3.8, 4) is 0 Å². The highest BCUT2D eigenvalue weighted by atomic mass is 79.9. The summed E-state index contributed by atoms with van der Waals surface area (Å²) < 4.78 is 5.22. The number of hydrogen-bond donors (Lipinski definition) is 1. The first kappa shape index (κ1) is 12.8. The predicted octanol–water partition coefficient (Wildman–Crippen LogP) is 2.90. The van der Waals surface area contributed by atoms with E-state index in [1.54, 1.807) is 6.33 Å². The minimum Gasteiger partial charge on any atom is -0.458 e. The van der Waals surface area contributed by atoms with Crippen LogP contribution in [0.2, 0.25) is 0 Å². The number of halogens is 1. The lowest BCUT2D eigenvalue weighted by atomic mass is 10.1. The third-order valence-electron chi connectivity index (χ3n) is 2.58. The summed E-state index contributed by atoms with van der Waals surface area (Å²) in [4.78, 5) is 18.4. The van der Waals surface area contributed by atoms with Gasteiger partial charge in [-0.25, -0.2) is 4.98 Å². The Morgan fingerprint density at radius 3 is 2.78 bits per heavy atom. The second-order valence-corrected chi connectivity index (χ2v) is 4.77. The minimum absolute atomic E-state index is 0.184. The van der Waals surface area contributed by atoms with E-state index >= 15 is 0 Å². The van der Waals surface area contributed by atoms with E-state index in [0.717, 1.165) is 17.0 Å². The van der Waals surface area contributed by atoms with Gasteiger partial charge in [0.1, 0.15) is 11.4 Å². The number of imidazole rings is 1. The lowest BCUT2D eigenvalue weighted by molar-refractivity contribution is -0.144. The van der Waals surface area contributed by atoms with Crippen molar-refractivity contribution in [1.29, 1.82) is 0 Å². The molecule has 0 bridgehead atoms. The molecule has 5 heteroatoms. The monoisotopic (exact) mass is 308 g/mol. The van der Waals surface area contributed by atoms with Crippen molar-refractivity contribution in [2.24, 2.45) is 0 Å². The Balaban J connectivity index is 1.95. The van der Waals surface area contributed by atoms with Crippen LogP contribution in [0.1, 0.15) is 21.8 Å². The highest BCUT2D eigenvalue weighted by molar-refractivity contribution is 9.09. The van der Waals surface area contributed by atoms with E-state index in [2.05, 4.69) is 25.9 Å². The molecule has 0 spiro atoms. The fourth-order valence-electron chi connectivity index (χ4n) is 1.50. The number of ether oxygens (including phenoxy) is 1. The number of esters is 1. The van der Waals surface area contributed by atoms with Gasteiger partial charge in [-0.3, -0.25) is 4.79 Å². The third kappa shape index (κ3) is 2.98. The Kier molecular flexibility index (Phi) is 4.15. The molecular weight excluding hydrogens is 296 g/mol. The Morgan fingerprint density at radius 1 is 1.44 bits per heavy atom. The van der Waals surface area contributed by atoms with Crippen LogP contribution in [-0.4, -0.2) is 15.9 Å². The van der Waals surface area contributed by atoms with Gasteiger partial charge < -0.3 is 9.72 Å². The molecule has 0 fully saturated rings. The number of carbonyl (C=O) groups is 1. The van der Waals surface area contributed by atoms with Crippen LogP contribution in [0.25, 0.3) is 0 Å². The molecule has 1 heterocycles. The van der Waals surface area contributed by atoms with Gasteiger partial charge in [0.2, 0.25) is 0 Å². The van der Waals surface area contributed by atoms with E-state index in [9.17, 15) is 4.79 Å². The SMILES string of the molecule is Cc1[nH]cnc1COC(=O)C(Br)c1ccccc1. The average molecular weight is 309 g/mol. The van der Waals surface area contributed by atoms with Crippen molar-refractivity contribution in [2.75, 3.05) is 0 Å². The van der Waals surface area contributed by atoms with Crippen molar-refractivity contribution in [2.45, 2.75) is 18.4 Å². The third-order valence-corrected chi connectivity index (χ3v) is 3.49. The van der Waals surface area contributed by atoms with Crippen molar-refractivity contribution >= 4 is 21.9 Å². The molecule has 0 aliphatic carbocycles. The lowest BCUT2D eigenvalue weighted by Crippen LogP contribution is -2.11. The number of nitrogens with zero attached hydrogens (tertiary/aromatic N) is 1. The first-order valence-corrected chi connectivity index (χ1v) is 6.44. The number of carbonyl (C=O) groups excluding carboxylic acids is 1. The molecule has 0 aliphatic rings. The van der Waals surface area contributed by atoms with Gasteiger partial charge in [0.15, 0.2) is 0 Å². The van der Waals surface area contributed by atoms with Crippen LogP contribution < -0.4 is 0 Å². The molecule has 94 valence electrons. The van der Waals surface area contributed by atoms with Crippen LogP contribution in [0.15, 0.2) is 36.7 Å². The maximum Gasteiger partial charge on any atom is 0.324 e. The van der Waals surface area contributed by atoms with Crippen molar-refractivity contribution in [3.05, 3.63) is 53.6 Å². The van der Waals surface area contributed by atoms with Crippen LogP contribution in [0, 0.1) is 6.92 Å². The zero-order valence-corrected chi connectivity index (χ0v) is 11.5. The fraction of sp³-hybridized carbons (Fsp3) is 0.231. The molecule has 4 nitrogen and oxygen atoms in total. The van der Waals surface area contributed by atoms with Gasteiger partial charge in [0, 0.05) is 5.69 Å². The molecule has 1 unspecified atom stereocenters. The Hall–Kier alpha value is -1.62. The number of aromatic nitrogens is 2. The summed E-state index contributed by atoms with van der Waals surface area (Å²) in [6.07, 6.45) is 1.58. The van der Waals surface area contributed by atoms with Gasteiger partial charge >= 0.3 is 5.97 Å². The Bertz CT molecular complexity index is 525. The standard InChI is InChI=1S/C13H13BrN2O2/c1-9-11(16-8-15-9)7-18-13(17)12(14)10-5-3-2-4-6-10/h2-6,8,12H,7H2,1H3,(H,15,16). The smallest absolute Gasteiger partial charge is 0.324 e. The number of aromatic amines is 1. The summed E-state index contributed by atoms with van der Waals surface area (Å²) in [7, 11) is 0. The highest BCUT2D eigenvalue weighted by Crippen LogP contribution is 2.24. The molecule has 1 atom stereocenters. The van der Waals surface area contributed by atoms with Crippen LogP contribution >= 0.6 is 15.9 Å². The maximum absolute atomic E-state index is 11.8. The van der Waals surface area contributed by atoms with E-state index in [-0.39, 0.29) is 12.6 Å². The summed E-state index contributed by atoms with van der Waals surface area (Å²) in [5, 5.41) is 0. The number of aryl methyl sites for hydroxylation is 1. The number of hydrogen-bond acceptors (Lipinski definition) is 3. The number of H-pyrrole nitrogens is 1. The first-order chi connectivity index (χ1) is 8.68. The zero-order valence-electron chi connectivity index (χ0n) is 9.89. The van der Waals surface area contributed by atoms with E-state index in [1.165, 1.54) is 0 Å². The number of nitrogens with one attached hydrogen (secondary N) is 1. The van der Waals surface area contributed by atoms with Crippen molar-refractivity contribution in [3.63, 3.8) is 0 Å². The molecular formula is C13H13BrN2O2. The van der Waals surface area contributed by atoms with E-state index < -0.39 is 4.83 Å². The molecule has 0 aliphatic heterocycles. The summed E-state index contributed by atoms with van der Waals surface area (Å²) in [5.74, 6) is -0.316. The van der Waals surface area contributed by atoms with E-state index in [0.29, 0.717) is 0 Å². The summed E-state index contributed by atoms with van der Waals surface area (Å²) in [5.41, 5.74) is 2.53. The minimum atomic E-state index is -0.446. The summed E-state index contributed by atoms with van der Waals surface area (Å²) in [6.45, 7) is 2.07. The molecule has 18 heavy (non-hydrogen) atoms. The molecule has 0 amide bonds. The Morgan fingerprint density at radius 2 is 2.17 bits per heavy atom. The van der Waals surface area contributed by atoms with E-state index in [1.807, 2.05) is 37.3 Å². The second-order valence-electron chi connectivity index (χ2n) is 3.86. The predicted molar refractivity (Wildman–Crippen MR) is 71.2 cm³/mol. The van der Waals surface area contributed by atoms with Crippen LogP contribution in [0.5, 0.6) is 0 Å². The molecule has 1 aromatic carbocycles. The largest absolute Gasteiger partial charge is 0.458 e. The molecule has 1 aromatic heterocycles. The highest BCUT2D eigenvalue weighted by Gasteiger charge is 2.18. The number of rotatable bonds is 4. The zero-order chi connectivity index (χ0) is 13.0. The van der Waals surface area contributed by atoms with Crippen molar-refractivity contribution in [1.82, 2.24) is 9.97 Å². The van der Waals surface area contributed by atoms with Gasteiger partial charge in [0.25, 0.3) is 0 Å². The lowest BCUT2D eigenvalue weighted by Gasteiger charge is -2.09. The molecule has 0 radical (unpaired) electrons. The average Bonchev–Trinajstić information content (AvgIpc) is 2.81. The van der Waals surface area contributed by atoms with Gasteiger partial charge in [-0.2, -0.15) is 0 Å². The fourth-order valence-corrected chi connectivity index (χ4v) is 1.94. The summed E-state index contributed by atoms with van der Waals surface area (Å²) in [6, 6.07) is 9.42. The summed E-state index contributed by atoms with van der Waals surface area (Å²) >= 11 is 3.33.